The predicted molar refractivity (Wildman–Crippen MR) is 88.0 cm³/mol. The highest BCUT2D eigenvalue weighted by molar-refractivity contribution is 6.30. The maximum Gasteiger partial charge on any atom is 0.363 e. The zero-order valence-corrected chi connectivity index (χ0v) is 13.0. The summed E-state index contributed by atoms with van der Waals surface area (Å²) in [4.78, 5) is 16.3. The lowest BCUT2D eigenvalue weighted by atomic mass is 10.0. The molecule has 110 valence electrons. The summed E-state index contributed by atoms with van der Waals surface area (Å²) in [6.07, 6.45) is 1.76. The van der Waals surface area contributed by atoms with Crippen LogP contribution in [-0.2, 0) is 9.53 Å². The number of cyclic esters (lactones) is 1. The van der Waals surface area contributed by atoms with Gasteiger partial charge in [0.25, 0.3) is 0 Å². The number of ether oxygens (including phenoxy) is 1. The van der Waals surface area contributed by atoms with Gasteiger partial charge in [-0.3, -0.25) is 0 Å². The van der Waals surface area contributed by atoms with Gasteiger partial charge in [-0.2, -0.15) is 0 Å². The van der Waals surface area contributed by atoms with Crippen molar-refractivity contribution in [2.45, 2.75) is 13.8 Å². The van der Waals surface area contributed by atoms with Crippen LogP contribution in [0.15, 0.2) is 53.2 Å². The van der Waals surface area contributed by atoms with Gasteiger partial charge >= 0.3 is 5.97 Å². The van der Waals surface area contributed by atoms with E-state index >= 15 is 0 Å². The molecule has 1 aliphatic rings. The van der Waals surface area contributed by atoms with Gasteiger partial charge in [-0.1, -0.05) is 35.4 Å². The molecule has 0 atom stereocenters. The Bertz CT molecular complexity index is 804. The van der Waals surface area contributed by atoms with Crippen LogP contribution < -0.4 is 0 Å². The summed E-state index contributed by atoms with van der Waals surface area (Å²) in [5.74, 6) is -0.135. The Morgan fingerprint density at radius 2 is 1.82 bits per heavy atom. The highest BCUT2D eigenvalue weighted by Crippen LogP contribution is 2.22. The fourth-order valence-electron chi connectivity index (χ4n) is 2.19. The third kappa shape index (κ3) is 2.95. The van der Waals surface area contributed by atoms with Crippen LogP contribution in [0.4, 0.5) is 0 Å². The molecular weight excluding hydrogens is 298 g/mol. The average Bonchev–Trinajstić information content (AvgIpc) is 2.85. The fraction of sp³-hybridized carbons (Fsp3) is 0.111. The highest BCUT2D eigenvalue weighted by Gasteiger charge is 2.24. The molecule has 0 fully saturated rings. The van der Waals surface area contributed by atoms with Crippen LogP contribution in [-0.4, -0.2) is 11.9 Å². The molecule has 1 heterocycles. The van der Waals surface area contributed by atoms with Gasteiger partial charge < -0.3 is 4.74 Å². The van der Waals surface area contributed by atoms with Crippen molar-refractivity contribution in [1.29, 1.82) is 0 Å². The van der Waals surface area contributed by atoms with E-state index in [-0.39, 0.29) is 0 Å². The second-order valence-corrected chi connectivity index (χ2v) is 5.64. The van der Waals surface area contributed by atoms with E-state index in [1.165, 1.54) is 0 Å². The second-order valence-electron chi connectivity index (χ2n) is 5.20. The summed E-state index contributed by atoms with van der Waals surface area (Å²) in [6.45, 7) is 4.01. The molecule has 0 aromatic heterocycles. The Kier molecular flexibility index (Phi) is 3.82. The normalized spacial score (nSPS) is 15.9. The van der Waals surface area contributed by atoms with Gasteiger partial charge in [0.05, 0.1) is 0 Å². The van der Waals surface area contributed by atoms with Gasteiger partial charge in [0, 0.05) is 10.6 Å². The van der Waals surface area contributed by atoms with Crippen molar-refractivity contribution in [1.82, 2.24) is 0 Å². The third-order valence-corrected chi connectivity index (χ3v) is 3.69. The lowest BCUT2D eigenvalue weighted by Gasteiger charge is -2.01. The standard InChI is InChI=1S/C18H14ClNO2/c1-11-3-4-12(2)14(9-11)10-16-18(21)22-17(20-16)13-5-7-15(19)8-6-13/h3-10H,1-2H3. The number of carbonyl (C=O) groups is 1. The predicted octanol–water partition coefficient (Wildman–Crippen LogP) is 4.30. The number of nitrogens with zero attached hydrogens (tertiary/aromatic N) is 1. The summed E-state index contributed by atoms with van der Waals surface area (Å²) in [6, 6.07) is 13.1. The molecule has 0 saturated heterocycles. The lowest BCUT2D eigenvalue weighted by molar-refractivity contribution is -0.129. The van der Waals surface area contributed by atoms with Crippen molar-refractivity contribution in [3.63, 3.8) is 0 Å². The smallest absolute Gasteiger partial charge is 0.363 e. The molecular formula is C18H14ClNO2. The number of rotatable bonds is 2. The van der Waals surface area contributed by atoms with Gasteiger partial charge in [-0.15, -0.1) is 0 Å². The number of benzene rings is 2. The van der Waals surface area contributed by atoms with Crippen LogP contribution >= 0.6 is 11.6 Å². The van der Waals surface area contributed by atoms with E-state index in [0.29, 0.717) is 16.6 Å². The number of carbonyl (C=O) groups excluding carboxylic acids is 1. The Hall–Kier alpha value is -2.39. The van der Waals surface area contributed by atoms with Crippen LogP contribution in [0.5, 0.6) is 0 Å². The van der Waals surface area contributed by atoms with Crippen molar-refractivity contribution in [3.8, 4) is 0 Å². The van der Waals surface area contributed by atoms with Crippen molar-refractivity contribution in [2.75, 3.05) is 0 Å². The molecule has 2 aromatic carbocycles. The average molecular weight is 312 g/mol. The zero-order valence-electron chi connectivity index (χ0n) is 12.3. The largest absolute Gasteiger partial charge is 0.402 e. The Morgan fingerprint density at radius 3 is 2.55 bits per heavy atom. The van der Waals surface area contributed by atoms with Crippen LogP contribution in [0.2, 0.25) is 5.02 Å². The molecule has 0 saturated carbocycles. The molecule has 0 unspecified atom stereocenters. The van der Waals surface area contributed by atoms with Gasteiger partial charge in [0.2, 0.25) is 5.90 Å². The molecule has 22 heavy (non-hydrogen) atoms. The van der Waals surface area contributed by atoms with Gasteiger partial charge in [0.1, 0.15) is 0 Å². The summed E-state index contributed by atoms with van der Waals surface area (Å²) in [7, 11) is 0. The molecule has 0 aliphatic carbocycles. The molecule has 4 heteroatoms. The number of aliphatic imine (C=N–C) groups is 1. The SMILES string of the molecule is Cc1ccc(C)c(C=C2N=C(c3ccc(Cl)cc3)OC2=O)c1. The molecule has 3 nitrogen and oxygen atoms in total. The Morgan fingerprint density at radius 1 is 1.09 bits per heavy atom. The number of halogens is 1. The fourth-order valence-corrected chi connectivity index (χ4v) is 2.31. The van der Waals surface area contributed by atoms with Crippen molar-refractivity contribution in [3.05, 3.63) is 75.4 Å². The lowest BCUT2D eigenvalue weighted by Crippen LogP contribution is -2.05. The van der Waals surface area contributed by atoms with E-state index in [4.69, 9.17) is 16.3 Å². The number of esters is 1. The molecule has 0 bridgehead atoms. The van der Waals surface area contributed by atoms with E-state index in [1.54, 1.807) is 30.3 Å². The molecule has 0 amide bonds. The van der Waals surface area contributed by atoms with E-state index in [2.05, 4.69) is 4.99 Å². The summed E-state index contributed by atoms with van der Waals surface area (Å²) < 4.78 is 5.24. The van der Waals surface area contributed by atoms with E-state index < -0.39 is 5.97 Å². The second kappa shape index (κ2) is 5.78. The number of aryl methyl sites for hydroxylation is 2. The van der Waals surface area contributed by atoms with E-state index in [1.807, 2.05) is 32.0 Å². The minimum absolute atomic E-state index is 0.304. The Balaban J connectivity index is 1.97. The van der Waals surface area contributed by atoms with Gasteiger partial charge in [0.15, 0.2) is 5.70 Å². The van der Waals surface area contributed by atoms with Crippen molar-refractivity contribution >= 4 is 29.5 Å². The van der Waals surface area contributed by atoms with Crippen LogP contribution in [0.3, 0.4) is 0 Å². The first-order valence-corrected chi connectivity index (χ1v) is 7.26. The summed E-state index contributed by atoms with van der Waals surface area (Å²) >= 11 is 5.86. The minimum Gasteiger partial charge on any atom is -0.402 e. The minimum atomic E-state index is -0.439. The number of hydrogen-bond donors (Lipinski definition) is 0. The topological polar surface area (TPSA) is 38.7 Å². The van der Waals surface area contributed by atoms with Crippen LogP contribution in [0, 0.1) is 13.8 Å². The molecule has 0 N–H and O–H groups in total. The molecule has 3 rings (SSSR count). The van der Waals surface area contributed by atoms with E-state index in [9.17, 15) is 4.79 Å². The monoisotopic (exact) mass is 311 g/mol. The van der Waals surface area contributed by atoms with Crippen LogP contribution in [0.1, 0.15) is 22.3 Å². The quantitative estimate of drug-likeness (QED) is 0.612. The van der Waals surface area contributed by atoms with Gasteiger partial charge in [-0.25, -0.2) is 9.79 Å². The Labute approximate surface area is 133 Å². The first-order chi connectivity index (χ1) is 10.5. The van der Waals surface area contributed by atoms with E-state index in [0.717, 1.165) is 22.3 Å². The number of hydrogen-bond acceptors (Lipinski definition) is 3. The third-order valence-electron chi connectivity index (χ3n) is 3.44. The van der Waals surface area contributed by atoms with Crippen molar-refractivity contribution < 1.29 is 9.53 Å². The maximum absolute atomic E-state index is 12.0. The molecule has 2 aromatic rings. The summed E-state index contributed by atoms with van der Waals surface area (Å²) in [5, 5.41) is 0.625. The maximum atomic E-state index is 12.0. The zero-order chi connectivity index (χ0) is 15.7. The van der Waals surface area contributed by atoms with Crippen molar-refractivity contribution in [2.24, 2.45) is 4.99 Å². The first kappa shape index (κ1) is 14.5. The first-order valence-electron chi connectivity index (χ1n) is 6.89. The molecule has 0 radical (unpaired) electrons. The van der Waals surface area contributed by atoms with Crippen LogP contribution in [0.25, 0.3) is 6.08 Å². The van der Waals surface area contributed by atoms with Gasteiger partial charge in [-0.05, 0) is 55.3 Å². The highest BCUT2D eigenvalue weighted by atomic mass is 35.5. The molecule has 1 aliphatic heterocycles. The summed E-state index contributed by atoms with van der Waals surface area (Å²) in [5.41, 5.74) is 4.21. The molecule has 0 spiro atoms.